The summed E-state index contributed by atoms with van der Waals surface area (Å²) in [6.07, 6.45) is -1.03. The van der Waals surface area contributed by atoms with E-state index in [-0.39, 0.29) is 6.04 Å². The lowest BCUT2D eigenvalue weighted by Gasteiger charge is -2.23. The van der Waals surface area contributed by atoms with E-state index in [0.717, 1.165) is 33.4 Å². The minimum Gasteiger partial charge on any atom is -0.389 e. The van der Waals surface area contributed by atoms with Crippen molar-refractivity contribution < 1.29 is 15.0 Å². The molecule has 154 valence electrons. The molecule has 3 aromatic rings. The van der Waals surface area contributed by atoms with Crippen LogP contribution >= 0.6 is 0 Å². The third-order valence-corrected chi connectivity index (χ3v) is 5.96. The molecule has 1 amide bonds. The summed E-state index contributed by atoms with van der Waals surface area (Å²) < 4.78 is 0. The molecule has 3 unspecified atom stereocenters. The van der Waals surface area contributed by atoms with Crippen molar-refractivity contribution in [3.05, 3.63) is 94.5 Å². The van der Waals surface area contributed by atoms with Crippen molar-refractivity contribution in [1.29, 1.82) is 0 Å². The molecule has 5 heteroatoms. The van der Waals surface area contributed by atoms with Crippen molar-refractivity contribution in [3.63, 3.8) is 0 Å². The second kappa shape index (κ2) is 8.40. The van der Waals surface area contributed by atoms with Gasteiger partial charge in [-0.05, 0) is 52.8 Å². The molecule has 1 aliphatic rings. The number of rotatable bonds is 5. The van der Waals surface area contributed by atoms with Gasteiger partial charge < -0.3 is 21.3 Å². The van der Waals surface area contributed by atoms with Gasteiger partial charge >= 0.3 is 0 Å². The zero-order valence-electron chi connectivity index (χ0n) is 16.9. The number of aliphatic hydroxyl groups is 2. The molecule has 0 saturated carbocycles. The van der Waals surface area contributed by atoms with Crippen molar-refractivity contribution in [2.24, 2.45) is 5.73 Å². The van der Waals surface area contributed by atoms with Gasteiger partial charge in [0.05, 0.1) is 12.1 Å². The molecular weight excluding hydrogens is 376 g/mol. The highest BCUT2D eigenvalue weighted by molar-refractivity contribution is 5.95. The van der Waals surface area contributed by atoms with Crippen LogP contribution in [0.15, 0.2) is 66.7 Å². The van der Waals surface area contributed by atoms with Crippen LogP contribution in [0.5, 0.6) is 0 Å². The quantitative estimate of drug-likeness (QED) is 0.528. The van der Waals surface area contributed by atoms with Gasteiger partial charge in [-0.25, -0.2) is 0 Å². The van der Waals surface area contributed by atoms with E-state index < -0.39 is 18.1 Å². The van der Waals surface area contributed by atoms with Crippen molar-refractivity contribution in [2.45, 2.75) is 31.6 Å². The number of nitrogens with two attached hydrogens (primary N) is 1. The van der Waals surface area contributed by atoms with Crippen molar-refractivity contribution >= 4 is 5.91 Å². The number of carbonyl (C=O) groups excluding carboxylic acids is 1. The molecule has 30 heavy (non-hydrogen) atoms. The fourth-order valence-electron chi connectivity index (χ4n) is 4.32. The molecule has 0 spiro atoms. The number of amides is 1. The summed E-state index contributed by atoms with van der Waals surface area (Å²) in [6, 6.07) is 21.3. The van der Waals surface area contributed by atoms with Gasteiger partial charge in [-0.1, -0.05) is 60.7 Å². The minimum absolute atomic E-state index is 0.344. The van der Waals surface area contributed by atoms with E-state index in [4.69, 9.17) is 5.73 Å². The first kappa shape index (κ1) is 20.3. The maximum absolute atomic E-state index is 12.0. The van der Waals surface area contributed by atoms with Crippen LogP contribution in [0.2, 0.25) is 0 Å². The monoisotopic (exact) mass is 402 g/mol. The first-order valence-electron chi connectivity index (χ1n) is 10.1. The zero-order chi connectivity index (χ0) is 21.3. The molecule has 1 heterocycles. The smallest absolute Gasteiger partial charge is 0.248 e. The summed E-state index contributed by atoms with van der Waals surface area (Å²) in [7, 11) is 0. The zero-order valence-corrected chi connectivity index (χ0v) is 16.9. The Kier molecular flexibility index (Phi) is 5.68. The van der Waals surface area contributed by atoms with Crippen LogP contribution in [0.1, 0.15) is 38.7 Å². The van der Waals surface area contributed by atoms with E-state index in [9.17, 15) is 15.0 Å². The van der Waals surface area contributed by atoms with E-state index in [2.05, 4.69) is 17.4 Å². The number of aliphatic hydroxyl groups excluding tert-OH is 2. The van der Waals surface area contributed by atoms with Crippen molar-refractivity contribution in [3.8, 4) is 11.1 Å². The van der Waals surface area contributed by atoms with Gasteiger partial charge in [0.1, 0.15) is 6.10 Å². The molecule has 3 aromatic carbocycles. The summed E-state index contributed by atoms with van der Waals surface area (Å²) in [5, 5.41) is 23.7. The highest BCUT2D eigenvalue weighted by atomic mass is 16.3. The number of hydrogen-bond donors (Lipinski definition) is 4. The van der Waals surface area contributed by atoms with Crippen molar-refractivity contribution in [2.75, 3.05) is 6.54 Å². The van der Waals surface area contributed by atoms with E-state index in [1.54, 1.807) is 6.07 Å². The summed E-state index contributed by atoms with van der Waals surface area (Å²) in [4.78, 5) is 12.0. The SMILES string of the molecule is Cc1c(C(N)=O)ccc(-c2ccccc2C2NCC(O)C2O)c1Cc1ccccc1. The first-order chi connectivity index (χ1) is 14.5. The maximum Gasteiger partial charge on any atom is 0.248 e. The van der Waals surface area contributed by atoms with E-state index >= 15 is 0 Å². The normalized spacial score (nSPS) is 21.0. The second-order valence-electron chi connectivity index (χ2n) is 7.82. The largest absolute Gasteiger partial charge is 0.389 e. The Morgan fingerprint density at radius 3 is 2.37 bits per heavy atom. The molecule has 1 fully saturated rings. The number of primary amides is 1. The Morgan fingerprint density at radius 1 is 1.00 bits per heavy atom. The maximum atomic E-state index is 12.0. The van der Waals surface area contributed by atoms with Crippen LogP contribution in [-0.2, 0) is 6.42 Å². The van der Waals surface area contributed by atoms with Gasteiger partial charge in [0, 0.05) is 12.1 Å². The predicted molar refractivity (Wildman–Crippen MR) is 117 cm³/mol. The lowest BCUT2D eigenvalue weighted by atomic mass is 9.85. The van der Waals surface area contributed by atoms with Gasteiger partial charge in [-0.2, -0.15) is 0 Å². The molecule has 0 bridgehead atoms. The highest BCUT2D eigenvalue weighted by Gasteiger charge is 2.35. The highest BCUT2D eigenvalue weighted by Crippen LogP contribution is 2.37. The molecule has 1 saturated heterocycles. The molecular formula is C25H26N2O3. The summed E-state index contributed by atoms with van der Waals surface area (Å²) in [5.74, 6) is -0.447. The summed E-state index contributed by atoms with van der Waals surface area (Å²) >= 11 is 0. The Bertz CT molecular complexity index is 1070. The van der Waals surface area contributed by atoms with E-state index in [1.165, 1.54) is 0 Å². The molecule has 0 aliphatic carbocycles. The van der Waals surface area contributed by atoms with Gasteiger partial charge in [0.2, 0.25) is 5.91 Å². The number of β-amino-alcohol motifs (C(OH)–C–C–N with tert-alkyl or cyclic N) is 1. The Hall–Kier alpha value is -2.99. The van der Waals surface area contributed by atoms with Crippen LogP contribution in [0.4, 0.5) is 0 Å². The van der Waals surface area contributed by atoms with Crippen LogP contribution in [0.3, 0.4) is 0 Å². The van der Waals surface area contributed by atoms with Gasteiger partial charge in [-0.3, -0.25) is 4.79 Å². The van der Waals surface area contributed by atoms with Gasteiger partial charge in [-0.15, -0.1) is 0 Å². The Morgan fingerprint density at radius 2 is 1.70 bits per heavy atom. The first-order valence-corrected chi connectivity index (χ1v) is 10.1. The van der Waals surface area contributed by atoms with Crippen LogP contribution in [0, 0.1) is 6.92 Å². The van der Waals surface area contributed by atoms with E-state index in [1.807, 2.05) is 55.5 Å². The second-order valence-corrected chi connectivity index (χ2v) is 7.82. The lowest BCUT2D eigenvalue weighted by molar-refractivity contribution is 0.0405. The molecule has 0 radical (unpaired) electrons. The Labute approximate surface area is 176 Å². The van der Waals surface area contributed by atoms with Crippen LogP contribution in [-0.4, -0.2) is 34.9 Å². The average molecular weight is 402 g/mol. The third-order valence-electron chi connectivity index (χ3n) is 5.96. The lowest BCUT2D eigenvalue weighted by Crippen LogP contribution is -2.26. The average Bonchev–Trinajstić information content (AvgIpc) is 3.08. The number of benzene rings is 3. The molecule has 1 aliphatic heterocycles. The standard InChI is InChI=1S/C25H26N2O3/c1-15-17(25(26)30)11-12-19(21(15)13-16-7-3-2-4-8-16)18-9-5-6-10-20(18)23-24(29)22(28)14-27-23/h2-12,22-24,27-29H,13-14H2,1H3,(H2,26,30). The molecule has 3 atom stereocenters. The molecule has 4 rings (SSSR count). The fourth-order valence-corrected chi connectivity index (χ4v) is 4.32. The number of carbonyl (C=O) groups is 1. The molecule has 5 nitrogen and oxygen atoms in total. The topological polar surface area (TPSA) is 95.6 Å². The molecule has 5 N–H and O–H groups in total. The summed E-state index contributed by atoms with van der Waals surface area (Å²) in [6.45, 7) is 2.27. The number of hydrogen-bond acceptors (Lipinski definition) is 4. The predicted octanol–water partition coefficient (Wildman–Crippen LogP) is 2.72. The Balaban J connectivity index is 1.87. The minimum atomic E-state index is -0.880. The molecule has 0 aromatic heterocycles. The van der Waals surface area contributed by atoms with Crippen LogP contribution < -0.4 is 11.1 Å². The third kappa shape index (κ3) is 3.75. The fraction of sp³-hybridized carbons (Fsp3) is 0.240. The van der Waals surface area contributed by atoms with Gasteiger partial charge in [0.15, 0.2) is 0 Å². The number of nitrogens with one attached hydrogen (secondary N) is 1. The van der Waals surface area contributed by atoms with Gasteiger partial charge in [0.25, 0.3) is 0 Å². The summed E-state index contributed by atoms with van der Waals surface area (Å²) in [5.41, 5.74) is 12.0. The van der Waals surface area contributed by atoms with E-state index in [0.29, 0.717) is 18.5 Å². The van der Waals surface area contributed by atoms with Crippen molar-refractivity contribution in [1.82, 2.24) is 5.32 Å². The van der Waals surface area contributed by atoms with Crippen LogP contribution in [0.25, 0.3) is 11.1 Å².